The molecular weight excluding hydrogens is 348 g/mol. The van der Waals surface area contributed by atoms with Crippen LogP contribution in [0.4, 0.5) is 0 Å². The van der Waals surface area contributed by atoms with Crippen molar-refractivity contribution in [3.63, 3.8) is 0 Å². The van der Waals surface area contributed by atoms with Crippen LogP contribution < -0.4 is 0 Å². The largest absolute Gasteiger partial charge is 0.495 e. The van der Waals surface area contributed by atoms with Crippen molar-refractivity contribution in [1.82, 2.24) is 0 Å². The topological polar surface area (TPSA) is 110 Å². The molecule has 146 valence electrons. The van der Waals surface area contributed by atoms with E-state index < -0.39 is 31.0 Å². The van der Waals surface area contributed by atoms with Crippen molar-refractivity contribution < 1.29 is 30.3 Å². The molecule has 0 aliphatic rings. The number of aliphatic hydroxyl groups is 5. The molecule has 4 unspecified atom stereocenters. The van der Waals surface area contributed by atoms with Gasteiger partial charge in [0.1, 0.15) is 30.2 Å². The van der Waals surface area contributed by atoms with Crippen molar-refractivity contribution >= 4 is 5.57 Å². The SMILES string of the molecule is CCOC(=C(c1ccccc1)c1ccccc1)C(O)C(O)C(O)C(O)CO. The molecule has 5 N–H and O–H groups in total. The minimum atomic E-state index is -1.75. The smallest absolute Gasteiger partial charge is 0.140 e. The molecule has 0 bridgehead atoms. The van der Waals surface area contributed by atoms with Gasteiger partial charge >= 0.3 is 0 Å². The molecular formula is C21H26O6. The van der Waals surface area contributed by atoms with Gasteiger partial charge in [0.05, 0.1) is 13.2 Å². The van der Waals surface area contributed by atoms with Crippen LogP contribution in [-0.4, -0.2) is 63.2 Å². The summed E-state index contributed by atoms with van der Waals surface area (Å²) in [4.78, 5) is 0. The molecule has 4 atom stereocenters. The third-order valence-electron chi connectivity index (χ3n) is 4.19. The summed E-state index contributed by atoms with van der Waals surface area (Å²) in [6, 6.07) is 18.5. The van der Waals surface area contributed by atoms with Gasteiger partial charge in [-0.1, -0.05) is 60.7 Å². The summed E-state index contributed by atoms with van der Waals surface area (Å²) in [5.74, 6) is 0.0755. The fourth-order valence-electron chi connectivity index (χ4n) is 2.80. The van der Waals surface area contributed by atoms with Gasteiger partial charge in [0, 0.05) is 5.57 Å². The molecule has 0 aliphatic heterocycles. The molecule has 0 heterocycles. The fourth-order valence-corrected chi connectivity index (χ4v) is 2.80. The Labute approximate surface area is 158 Å². The lowest BCUT2D eigenvalue weighted by Crippen LogP contribution is -2.47. The summed E-state index contributed by atoms with van der Waals surface area (Å²) in [6.07, 6.45) is -6.70. The van der Waals surface area contributed by atoms with Gasteiger partial charge in [0.25, 0.3) is 0 Å². The van der Waals surface area contributed by atoms with Crippen LogP contribution in [0, 0.1) is 0 Å². The minimum absolute atomic E-state index is 0.0755. The molecule has 0 saturated carbocycles. The average molecular weight is 374 g/mol. The van der Waals surface area contributed by atoms with E-state index in [0.29, 0.717) is 5.57 Å². The van der Waals surface area contributed by atoms with E-state index >= 15 is 0 Å². The standard InChI is InChI=1S/C21H26O6/c1-2-27-21(20(26)19(25)18(24)16(23)13-22)17(14-9-5-3-6-10-14)15-11-7-4-8-12-15/h3-12,16,18-20,22-26H,2,13H2,1H3. The van der Waals surface area contributed by atoms with Gasteiger partial charge in [0.2, 0.25) is 0 Å². The van der Waals surface area contributed by atoms with E-state index in [1.807, 2.05) is 60.7 Å². The van der Waals surface area contributed by atoms with Gasteiger partial charge < -0.3 is 30.3 Å². The van der Waals surface area contributed by atoms with Gasteiger partial charge in [0.15, 0.2) is 0 Å². The lowest BCUT2D eigenvalue weighted by atomic mass is 9.92. The van der Waals surface area contributed by atoms with Gasteiger partial charge in [-0.3, -0.25) is 0 Å². The Bertz CT molecular complexity index is 674. The third kappa shape index (κ3) is 5.15. The molecule has 6 heteroatoms. The van der Waals surface area contributed by atoms with Crippen LogP contribution in [0.2, 0.25) is 0 Å². The molecule has 2 aromatic carbocycles. The lowest BCUT2D eigenvalue weighted by molar-refractivity contribution is -0.115. The number of ether oxygens (including phenoxy) is 1. The first kappa shape index (κ1) is 21.1. The Morgan fingerprint density at radius 3 is 1.70 bits per heavy atom. The van der Waals surface area contributed by atoms with E-state index in [9.17, 15) is 20.4 Å². The highest BCUT2D eigenvalue weighted by Crippen LogP contribution is 2.30. The van der Waals surface area contributed by atoms with E-state index in [1.54, 1.807) is 6.92 Å². The molecule has 0 spiro atoms. The molecule has 6 nitrogen and oxygen atoms in total. The molecule has 0 saturated heterocycles. The lowest BCUT2D eigenvalue weighted by Gasteiger charge is -2.28. The number of hydrogen-bond acceptors (Lipinski definition) is 6. The van der Waals surface area contributed by atoms with E-state index in [4.69, 9.17) is 9.84 Å². The van der Waals surface area contributed by atoms with E-state index in [1.165, 1.54) is 0 Å². The highest BCUT2D eigenvalue weighted by molar-refractivity contribution is 5.81. The maximum absolute atomic E-state index is 10.7. The molecule has 27 heavy (non-hydrogen) atoms. The highest BCUT2D eigenvalue weighted by Gasteiger charge is 2.34. The Balaban J connectivity index is 2.58. The van der Waals surface area contributed by atoms with Crippen molar-refractivity contribution in [2.45, 2.75) is 31.3 Å². The van der Waals surface area contributed by atoms with Gasteiger partial charge in [-0.2, -0.15) is 0 Å². The molecule has 0 aliphatic carbocycles. The zero-order valence-electron chi connectivity index (χ0n) is 15.1. The fraction of sp³-hybridized carbons (Fsp3) is 0.333. The first-order chi connectivity index (χ1) is 13.0. The van der Waals surface area contributed by atoms with Crippen LogP contribution in [0.3, 0.4) is 0 Å². The monoisotopic (exact) mass is 374 g/mol. The molecule has 2 rings (SSSR count). The molecule has 2 aromatic rings. The second-order valence-electron chi connectivity index (χ2n) is 6.08. The first-order valence-corrected chi connectivity index (χ1v) is 8.82. The van der Waals surface area contributed by atoms with Gasteiger partial charge in [-0.15, -0.1) is 0 Å². The van der Waals surface area contributed by atoms with E-state index in [2.05, 4.69) is 0 Å². The maximum atomic E-state index is 10.7. The van der Waals surface area contributed by atoms with Crippen LogP contribution in [0.15, 0.2) is 66.4 Å². The summed E-state index contributed by atoms with van der Waals surface area (Å²) < 4.78 is 5.67. The van der Waals surface area contributed by atoms with Crippen LogP contribution in [0.1, 0.15) is 18.1 Å². The number of aliphatic hydroxyl groups excluding tert-OH is 5. The van der Waals surface area contributed by atoms with Crippen LogP contribution >= 0.6 is 0 Å². The van der Waals surface area contributed by atoms with Crippen molar-refractivity contribution in [3.8, 4) is 0 Å². The Morgan fingerprint density at radius 1 is 0.815 bits per heavy atom. The van der Waals surface area contributed by atoms with E-state index in [-0.39, 0.29) is 12.4 Å². The predicted molar refractivity (Wildman–Crippen MR) is 102 cm³/mol. The van der Waals surface area contributed by atoms with Gasteiger partial charge in [-0.05, 0) is 18.1 Å². The zero-order valence-corrected chi connectivity index (χ0v) is 15.1. The van der Waals surface area contributed by atoms with Crippen molar-refractivity contribution in [2.75, 3.05) is 13.2 Å². The summed E-state index contributed by atoms with van der Waals surface area (Å²) in [5.41, 5.74) is 2.08. The first-order valence-electron chi connectivity index (χ1n) is 8.82. The number of benzene rings is 2. The second-order valence-corrected chi connectivity index (χ2v) is 6.08. The second kappa shape index (κ2) is 10.2. The summed E-state index contributed by atoms with van der Waals surface area (Å²) in [6.45, 7) is 1.22. The maximum Gasteiger partial charge on any atom is 0.140 e. The predicted octanol–water partition coefficient (Wildman–Crippen LogP) is 0.918. The highest BCUT2D eigenvalue weighted by atomic mass is 16.5. The van der Waals surface area contributed by atoms with Crippen LogP contribution in [0.25, 0.3) is 5.57 Å². The number of rotatable bonds is 9. The minimum Gasteiger partial charge on any atom is -0.495 e. The number of hydrogen-bond donors (Lipinski definition) is 5. The van der Waals surface area contributed by atoms with Crippen molar-refractivity contribution in [1.29, 1.82) is 0 Å². The average Bonchev–Trinajstić information content (AvgIpc) is 2.72. The molecule has 0 amide bonds. The molecule has 0 aromatic heterocycles. The third-order valence-corrected chi connectivity index (χ3v) is 4.19. The zero-order chi connectivity index (χ0) is 19.8. The van der Waals surface area contributed by atoms with Gasteiger partial charge in [-0.25, -0.2) is 0 Å². The summed E-state index contributed by atoms with van der Waals surface area (Å²) >= 11 is 0. The Hall–Kier alpha value is -2.22. The molecule has 0 fully saturated rings. The van der Waals surface area contributed by atoms with Crippen LogP contribution in [0.5, 0.6) is 0 Å². The van der Waals surface area contributed by atoms with Crippen molar-refractivity contribution in [2.24, 2.45) is 0 Å². The quantitative estimate of drug-likeness (QED) is 0.418. The van der Waals surface area contributed by atoms with Crippen LogP contribution in [-0.2, 0) is 4.74 Å². The Kier molecular flexibility index (Phi) is 7.97. The summed E-state index contributed by atoms with van der Waals surface area (Å²) in [5, 5.41) is 49.7. The Morgan fingerprint density at radius 2 is 1.30 bits per heavy atom. The molecule has 0 radical (unpaired) electrons. The summed E-state index contributed by atoms with van der Waals surface area (Å²) in [7, 11) is 0. The van der Waals surface area contributed by atoms with E-state index in [0.717, 1.165) is 11.1 Å². The van der Waals surface area contributed by atoms with Crippen molar-refractivity contribution in [3.05, 3.63) is 77.5 Å². The normalized spacial score (nSPS) is 15.5.